The minimum atomic E-state index is 0.395. The Labute approximate surface area is 105 Å². The minimum absolute atomic E-state index is 0.395. The van der Waals surface area contributed by atoms with Gasteiger partial charge in [0.2, 0.25) is 0 Å². The summed E-state index contributed by atoms with van der Waals surface area (Å²) in [5.41, 5.74) is 2.91. The van der Waals surface area contributed by atoms with Crippen molar-refractivity contribution < 1.29 is 0 Å². The Balaban J connectivity index is 2.07. The molecule has 1 aromatic heterocycles. The van der Waals surface area contributed by atoms with E-state index in [1.54, 1.807) is 0 Å². The van der Waals surface area contributed by atoms with Crippen LogP contribution in [0.25, 0.3) is 0 Å². The van der Waals surface area contributed by atoms with Crippen LogP contribution in [0.1, 0.15) is 57.3 Å². The highest BCUT2D eigenvalue weighted by Crippen LogP contribution is 2.38. The molecule has 0 amide bonds. The molecule has 2 unspecified atom stereocenters. The Morgan fingerprint density at radius 2 is 2.24 bits per heavy atom. The Hall–Kier alpha value is -0.830. The predicted octanol–water partition coefficient (Wildman–Crippen LogP) is 2.96. The highest BCUT2D eigenvalue weighted by Gasteiger charge is 2.35. The van der Waals surface area contributed by atoms with Crippen LogP contribution >= 0.6 is 0 Å². The summed E-state index contributed by atoms with van der Waals surface area (Å²) in [6.45, 7) is 9.09. The first kappa shape index (κ1) is 12.6. The molecule has 3 nitrogen and oxygen atoms in total. The zero-order valence-corrected chi connectivity index (χ0v) is 11.7. The second kappa shape index (κ2) is 4.45. The quantitative estimate of drug-likeness (QED) is 0.873. The lowest BCUT2D eigenvalue weighted by Crippen LogP contribution is -2.39. The van der Waals surface area contributed by atoms with Gasteiger partial charge in [0.25, 0.3) is 0 Å². The average Bonchev–Trinajstić information content (AvgIpc) is 2.70. The Morgan fingerprint density at radius 3 is 2.71 bits per heavy atom. The summed E-state index contributed by atoms with van der Waals surface area (Å²) < 4.78 is 1.91. The third-order valence-electron chi connectivity index (χ3n) is 4.23. The SMILES string of the molecule is Cc1nn(C)cc1C(C)NC1CCCC1(C)C. The number of nitrogens with zero attached hydrogens (tertiary/aromatic N) is 2. The Morgan fingerprint density at radius 1 is 1.53 bits per heavy atom. The van der Waals surface area contributed by atoms with Gasteiger partial charge in [0.05, 0.1) is 5.69 Å². The molecule has 0 radical (unpaired) electrons. The van der Waals surface area contributed by atoms with Gasteiger partial charge in [-0.15, -0.1) is 0 Å². The number of rotatable bonds is 3. The topological polar surface area (TPSA) is 29.9 Å². The van der Waals surface area contributed by atoms with E-state index in [9.17, 15) is 0 Å². The van der Waals surface area contributed by atoms with Crippen molar-refractivity contribution in [2.24, 2.45) is 12.5 Å². The van der Waals surface area contributed by atoms with Crippen molar-refractivity contribution in [3.05, 3.63) is 17.5 Å². The van der Waals surface area contributed by atoms with E-state index in [4.69, 9.17) is 0 Å². The van der Waals surface area contributed by atoms with E-state index >= 15 is 0 Å². The molecule has 1 fully saturated rings. The van der Waals surface area contributed by atoms with Gasteiger partial charge in [-0.2, -0.15) is 5.10 Å². The molecule has 2 atom stereocenters. The normalized spacial score (nSPS) is 25.1. The lowest BCUT2D eigenvalue weighted by atomic mass is 9.87. The number of aromatic nitrogens is 2. The first-order valence-corrected chi connectivity index (χ1v) is 6.66. The van der Waals surface area contributed by atoms with Crippen LogP contribution in [0.3, 0.4) is 0 Å². The fraction of sp³-hybridized carbons (Fsp3) is 0.786. The molecule has 3 heteroatoms. The van der Waals surface area contributed by atoms with Gasteiger partial charge in [-0.25, -0.2) is 0 Å². The molecule has 17 heavy (non-hydrogen) atoms. The molecular weight excluding hydrogens is 210 g/mol. The third kappa shape index (κ3) is 2.54. The maximum atomic E-state index is 4.42. The number of hydrogen-bond donors (Lipinski definition) is 1. The summed E-state index contributed by atoms with van der Waals surface area (Å²) in [6.07, 6.45) is 6.12. The van der Waals surface area contributed by atoms with E-state index in [0.29, 0.717) is 17.5 Å². The fourth-order valence-corrected chi connectivity index (χ4v) is 3.07. The summed E-state index contributed by atoms with van der Waals surface area (Å²) in [5.74, 6) is 0. The van der Waals surface area contributed by atoms with E-state index in [0.717, 1.165) is 5.69 Å². The molecule has 1 heterocycles. The largest absolute Gasteiger partial charge is 0.307 e. The average molecular weight is 235 g/mol. The standard InChI is InChI=1S/C14H25N3/c1-10(12-9-17(5)16-11(12)2)15-13-7-6-8-14(13,3)4/h9-10,13,15H,6-8H2,1-5H3. The molecule has 96 valence electrons. The molecule has 0 spiro atoms. The minimum Gasteiger partial charge on any atom is -0.307 e. The van der Waals surface area contributed by atoms with Gasteiger partial charge in [0, 0.05) is 30.9 Å². The van der Waals surface area contributed by atoms with E-state index in [1.807, 2.05) is 11.7 Å². The molecular formula is C14H25N3. The van der Waals surface area contributed by atoms with Crippen LogP contribution in [0, 0.1) is 12.3 Å². The van der Waals surface area contributed by atoms with Gasteiger partial charge in [-0.05, 0) is 32.1 Å². The van der Waals surface area contributed by atoms with Crippen molar-refractivity contribution >= 4 is 0 Å². The Kier molecular flexibility index (Phi) is 3.30. The van der Waals surface area contributed by atoms with Crippen molar-refractivity contribution in [1.82, 2.24) is 15.1 Å². The third-order valence-corrected chi connectivity index (χ3v) is 4.23. The van der Waals surface area contributed by atoms with Crippen molar-refractivity contribution in [3.8, 4) is 0 Å². The van der Waals surface area contributed by atoms with Crippen LogP contribution in [0.4, 0.5) is 0 Å². The first-order chi connectivity index (χ1) is 7.90. The highest BCUT2D eigenvalue weighted by molar-refractivity contribution is 5.19. The van der Waals surface area contributed by atoms with Crippen molar-refractivity contribution in [1.29, 1.82) is 0 Å². The summed E-state index contributed by atoms with van der Waals surface area (Å²) in [6, 6.07) is 1.03. The van der Waals surface area contributed by atoms with Crippen molar-refractivity contribution in [2.75, 3.05) is 0 Å². The second-order valence-electron chi connectivity index (χ2n) is 6.17. The van der Waals surface area contributed by atoms with E-state index in [1.165, 1.54) is 24.8 Å². The predicted molar refractivity (Wildman–Crippen MR) is 70.9 cm³/mol. The van der Waals surface area contributed by atoms with Gasteiger partial charge < -0.3 is 5.32 Å². The van der Waals surface area contributed by atoms with Crippen molar-refractivity contribution in [3.63, 3.8) is 0 Å². The van der Waals surface area contributed by atoms with E-state index in [-0.39, 0.29) is 0 Å². The van der Waals surface area contributed by atoms with Gasteiger partial charge in [0.15, 0.2) is 0 Å². The van der Waals surface area contributed by atoms with Crippen LogP contribution < -0.4 is 5.32 Å². The first-order valence-electron chi connectivity index (χ1n) is 6.66. The maximum absolute atomic E-state index is 4.42. The number of nitrogens with one attached hydrogen (secondary N) is 1. The van der Waals surface area contributed by atoms with Gasteiger partial charge in [-0.3, -0.25) is 4.68 Å². The zero-order valence-electron chi connectivity index (χ0n) is 11.7. The monoisotopic (exact) mass is 235 g/mol. The summed E-state index contributed by atoms with van der Waals surface area (Å²) in [5, 5.41) is 8.21. The Bertz CT molecular complexity index is 392. The lowest BCUT2D eigenvalue weighted by Gasteiger charge is -2.30. The number of hydrogen-bond acceptors (Lipinski definition) is 2. The van der Waals surface area contributed by atoms with Crippen molar-refractivity contribution in [2.45, 2.75) is 59.0 Å². The molecule has 2 rings (SSSR count). The second-order valence-corrected chi connectivity index (χ2v) is 6.17. The molecule has 1 N–H and O–H groups in total. The molecule has 0 saturated heterocycles. The molecule has 1 aliphatic rings. The molecule has 1 saturated carbocycles. The van der Waals surface area contributed by atoms with Gasteiger partial charge in [0.1, 0.15) is 0 Å². The zero-order chi connectivity index (χ0) is 12.6. The summed E-state index contributed by atoms with van der Waals surface area (Å²) in [4.78, 5) is 0. The van der Waals surface area contributed by atoms with E-state index < -0.39 is 0 Å². The molecule has 0 bridgehead atoms. The molecule has 0 aromatic carbocycles. The van der Waals surface area contributed by atoms with Crippen LogP contribution in [-0.4, -0.2) is 15.8 Å². The maximum Gasteiger partial charge on any atom is 0.0641 e. The van der Waals surface area contributed by atoms with Crippen LogP contribution in [0.5, 0.6) is 0 Å². The smallest absolute Gasteiger partial charge is 0.0641 e. The molecule has 0 aliphatic heterocycles. The van der Waals surface area contributed by atoms with Crippen LogP contribution in [0.15, 0.2) is 6.20 Å². The van der Waals surface area contributed by atoms with Crippen LogP contribution in [-0.2, 0) is 7.05 Å². The highest BCUT2D eigenvalue weighted by atomic mass is 15.3. The van der Waals surface area contributed by atoms with Gasteiger partial charge in [-0.1, -0.05) is 20.3 Å². The van der Waals surface area contributed by atoms with Crippen LogP contribution in [0.2, 0.25) is 0 Å². The summed E-state index contributed by atoms with van der Waals surface area (Å²) in [7, 11) is 1.99. The fourth-order valence-electron chi connectivity index (χ4n) is 3.07. The van der Waals surface area contributed by atoms with E-state index in [2.05, 4.69) is 44.3 Å². The van der Waals surface area contributed by atoms with Gasteiger partial charge >= 0.3 is 0 Å². The number of aryl methyl sites for hydroxylation is 2. The molecule has 1 aliphatic carbocycles. The lowest BCUT2D eigenvalue weighted by molar-refractivity contribution is 0.266. The molecule has 1 aromatic rings. The summed E-state index contributed by atoms with van der Waals surface area (Å²) >= 11 is 0.